The number of hydrogen-bond donors (Lipinski definition) is 1. The summed E-state index contributed by atoms with van der Waals surface area (Å²) >= 11 is 0. The maximum absolute atomic E-state index is 12.4. The van der Waals surface area contributed by atoms with Crippen molar-refractivity contribution in [1.29, 1.82) is 0 Å². The summed E-state index contributed by atoms with van der Waals surface area (Å²) in [6, 6.07) is 1.71. The number of halogens is 2. The van der Waals surface area contributed by atoms with Crippen molar-refractivity contribution in [2.24, 2.45) is 0 Å². The molecule has 0 bridgehead atoms. The van der Waals surface area contributed by atoms with Gasteiger partial charge in [0, 0.05) is 6.07 Å². The number of phenolic OH excluding ortho intramolecular Hbond substituents is 1. The van der Waals surface area contributed by atoms with E-state index in [1.165, 1.54) is 6.92 Å². The highest BCUT2D eigenvalue weighted by Crippen LogP contribution is 2.20. The molecule has 1 nitrogen and oxygen atoms in total. The zero-order valence-electron chi connectivity index (χ0n) is 7.36. The first kappa shape index (κ1) is 10.9. The summed E-state index contributed by atoms with van der Waals surface area (Å²) in [6.07, 6.45) is 0. The molecular formula is C9H12F2O. The third-order valence-corrected chi connectivity index (χ3v) is 1.22. The Balaban J connectivity index is 0.000000561. The molecule has 1 rings (SSSR count). The van der Waals surface area contributed by atoms with Gasteiger partial charge in [0.15, 0.2) is 11.6 Å². The highest BCUT2D eigenvalue weighted by Gasteiger charge is 2.04. The predicted molar refractivity (Wildman–Crippen MR) is 44.1 cm³/mol. The van der Waals surface area contributed by atoms with Gasteiger partial charge < -0.3 is 5.11 Å². The van der Waals surface area contributed by atoms with Crippen molar-refractivity contribution in [3.8, 4) is 5.75 Å². The average Bonchev–Trinajstić information content (AvgIpc) is 2.04. The lowest BCUT2D eigenvalue weighted by atomic mass is 10.2. The topological polar surface area (TPSA) is 20.2 Å². The number of benzene rings is 1. The van der Waals surface area contributed by atoms with E-state index >= 15 is 0 Å². The van der Waals surface area contributed by atoms with E-state index in [-0.39, 0.29) is 5.56 Å². The molecule has 0 saturated heterocycles. The Morgan fingerprint density at radius 1 is 1.17 bits per heavy atom. The van der Waals surface area contributed by atoms with Gasteiger partial charge in [0.05, 0.1) is 0 Å². The van der Waals surface area contributed by atoms with Crippen LogP contribution in [-0.2, 0) is 0 Å². The Bertz CT molecular complexity index is 236. The molecule has 0 amide bonds. The van der Waals surface area contributed by atoms with Crippen LogP contribution in [0.4, 0.5) is 8.78 Å². The third-order valence-electron chi connectivity index (χ3n) is 1.22. The van der Waals surface area contributed by atoms with Crippen molar-refractivity contribution < 1.29 is 13.9 Å². The van der Waals surface area contributed by atoms with Gasteiger partial charge in [-0.15, -0.1) is 0 Å². The largest absolute Gasteiger partial charge is 0.505 e. The van der Waals surface area contributed by atoms with Crippen LogP contribution in [-0.4, -0.2) is 5.11 Å². The van der Waals surface area contributed by atoms with Crippen LogP contribution in [0.15, 0.2) is 12.1 Å². The minimum Gasteiger partial charge on any atom is -0.505 e. The van der Waals surface area contributed by atoms with Crippen LogP contribution >= 0.6 is 0 Å². The molecule has 0 atom stereocenters. The lowest BCUT2D eigenvalue weighted by Gasteiger charge is -1.98. The lowest BCUT2D eigenvalue weighted by Crippen LogP contribution is -1.83. The molecule has 0 aliphatic rings. The Labute approximate surface area is 70.7 Å². The third kappa shape index (κ3) is 2.49. The van der Waals surface area contributed by atoms with E-state index in [0.717, 1.165) is 6.07 Å². The fraction of sp³-hybridized carbons (Fsp3) is 0.333. The molecular weight excluding hydrogens is 162 g/mol. The van der Waals surface area contributed by atoms with E-state index in [1.807, 2.05) is 13.8 Å². The monoisotopic (exact) mass is 174 g/mol. The molecule has 0 aliphatic heterocycles. The first-order valence-corrected chi connectivity index (χ1v) is 3.76. The molecule has 12 heavy (non-hydrogen) atoms. The van der Waals surface area contributed by atoms with E-state index in [9.17, 15) is 8.78 Å². The van der Waals surface area contributed by atoms with E-state index in [0.29, 0.717) is 6.07 Å². The van der Waals surface area contributed by atoms with Gasteiger partial charge in [0.1, 0.15) is 5.82 Å². The summed E-state index contributed by atoms with van der Waals surface area (Å²) in [4.78, 5) is 0. The fourth-order valence-corrected chi connectivity index (χ4v) is 0.695. The van der Waals surface area contributed by atoms with E-state index < -0.39 is 17.4 Å². The van der Waals surface area contributed by atoms with Crippen LogP contribution < -0.4 is 0 Å². The van der Waals surface area contributed by atoms with Crippen molar-refractivity contribution in [3.63, 3.8) is 0 Å². The molecule has 0 heterocycles. The van der Waals surface area contributed by atoms with Gasteiger partial charge in [0.2, 0.25) is 0 Å². The molecule has 1 aromatic carbocycles. The fourth-order valence-electron chi connectivity index (χ4n) is 0.695. The van der Waals surface area contributed by atoms with Crippen molar-refractivity contribution in [3.05, 3.63) is 29.3 Å². The molecule has 0 aromatic heterocycles. The summed E-state index contributed by atoms with van der Waals surface area (Å²) < 4.78 is 24.6. The molecule has 0 saturated carbocycles. The minimum absolute atomic E-state index is 0.206. The number of aryl methyl sites for hydroxylation is 1. The maximum atomic E-state index is 12.4. The van der Waals surface area contributed by atoms with Crippen LogP contribution in [0, 0.1) is 18.6 Å². The second-order valence-corrected chi connectivity index (χ2v) is 2.05. The van der Waals surface area contributed by atoms with Crippen LogP contribution in [0.25, 0.3) is 0 Å². The van der Waals surface area contributed by atoms with Crippen LogP contribution in [0.1, 0.15) is 19.4 Å². The molecule has 0 unspecified atom stereocenters. The van der Waals surface area contributed by atoms with E-state index in [4.69, 9.17) is 5.11 Å². The van der Waals surface area contributed by atoms with Crippen molar-refractivity contribution in [1.82, 2.24) is 0 Å². The quantitative estimate of drug-likeness (QED) is 0.641. The number of rotatable bonds is 0. The van der Waals surface area contributed by atoms with Crippen molar-refractivity contribution in [2.45, 2.75) is 20.8 Å². The SMILES string of the molecule is CC.Cc1cc(F)cc(F)c1O. The Morgan fingerprint density at radius 2 is 1.67 bits per heavy atom. The molecule has 1 aromatic rings. The second-order valence-electron chi connectivity index (χ2n) is 2.05. The molecule has 0 spiro atoms. The highest BCUT2D eigenvalue weighted by molar-refractivity contribution is 5.32. The Hall–Kier alpha value is -1.12. The van der Waals surface area contributed by atoms with Gasteiger partial charge in [0.25, 0.3) is 0 Å². The zero-order valence-corrected chi connectivity index (χ0v) is 7.36. The highest BCUT2D eigenvalue weighted by atomic mass is 19.1. The molecule has 3 heteroatoms. The average molecular weight is 174 g/mol. The van der Waals surface area contributed by atoms with Crippen LogP contribution in [0.5, 0.6) is 5.75 Å². The van der Waals surface area contributed by atoms with Gasteiger partial charge in [-0.2, -0.15) is 0 Å². The smallest absolute Gasteiger partial charge is 0.167 e. The normalized spacial score (nSPS) is 8.75. The summed E-state index contributed by atoms with van der Waals surface area (Å²) in [7, 11) is 0. The Kier molecular flexibility index (Phi) is 4.26. The predicted octanol–water partition coefficient (Wildman–Crippen LogP) is 3.01. The molecule has 1 N–H and O–H groups in total. The molecule has 0 fully saturated rings. The zero-order chi connectivity index (χ0) is 9.72. The number of aromatic hydroxyl groups is 1. The lowest BCUT2D eigenvalue weighted by molar-refractivity contribution is 0.424. The summed E-state index contributed by atoms with van der Waals surface area (Å²) in [5, 5.41) is 8.79. The molecule has 68 valence electrons. The molecule has 0 aliphatic carbocycles. The van der Waals surface area contributed by atoms with E-state index in [2.05, 4.69) is 0 Å². The first-order valence-electron chi connectivity index (χ1n) is 3.76. The van der Waals surface area contributed by atoms with Crippen molar-refractivity contribution in [2.75, 3.05) is 0 Å². The summed E-state index contributed by atoms with van der Waals surface area (Å²) in [6.45, 7) is 5.43. The standard InChI is InChI=1S/C7H6F2O.C2H6/c1-4-2-5(8)3-6(9)7(4)10;1-2/h2-3,10H,1H3;1-2H3. The van der Waals surface area contributed by atoms with E-state index in [1.54, 1.807) is 0 Å². The summed E-state index contributed by atoms with van der Waals surface area (Å²) in [5.74, 6) is -2.08. The minimum atomic E-state index is -0.919. The van der Waals surface area contributed by atoms with Crippen molar-refractivity contribution >= 4 is 0 Å². The number of phenols is 1. The Morgan fingerprint density at radius 3 is 2.08 bits per heavy atom. The van der Waals surface area contributed by atoms with Gasteiger partial charge in [-0.05, 0) is 18.6 Å². The maximum Gasteiger partial charge on any atom is 0.167 e. The second kappa shape index (κ2) is 4.70. The first-order chi connectivity index (χ1) is 5.61. The summed E-state index contributed by atoms with van der Waals surface area (Å²) in [5.41, 5.74) is 0.206. The molecule has 0 radical (unpaired) electrons. The van der Waals surface area contributed by atoms with Gasteiger partial charge in [-0.1, -0.05) is 13.8 Å². The number of hydrogen-bond acceptors (Lipinski definition) is 1. The van der Waals surface area contributed by atoms with Gasteiger partial charge in [-0.3, -0.25) is 0 Å². The van der Waals surface area contributed by atoms with Gasteiger partial charge in [-0.25, -0.2) is 8.78 Å². The van der Waals surface area contributed by atoms with Gasteiger partial charge >= 0.3 is 0 Å². The van der Waals surface area contributed by atoms with Crippen LogP contribution in [0.3, 0.4) is 0 Å². The van der Waals surface area contributed by atoms with Crippen LogP contribution in [0.2, 0.25) is 0 Å².